The molecule has 0 unspecified atom stereocenters. The molecule has 0 fully saturated rings. The van der Waals surface area contributed by atoms with E-state index in [1.165, 1.54) is 18.4 Å². The van der Waals surface area contributed by atoms with E-state index >= 15 is 0 Å². The summed E-state index contributed by atoms with van der Waals surface area (Å²) >= 11 is 4.61. The van der Waals surface area contributed by atoms with Gasteiger partial charge in [0.2, 0.25) is 5.91 Å². The van der Waals surface area contributed by atoms with Crippen LogP contribution in [0.15, 0.2) is 70.5 Å². The van der Waals surface area contributed by atoms with Crippen molar-refractivity contribution in [2.45, 2.75) is 32.2 Å². The van der Waals surface area contributed by atoms with Crippen LogP contribution in [0.4, 0.5) is 5.00 Å². The van der Waals surface area contributed by atoms with Gasteiger partial charge in [-0.3, -0.25) is 4.79 Å². The molecule has 1 aromatic heterocycles. The van der Waals surface area contributed by atoms with Crippen LogP contribution in [-0.4, -0.2) is 32.1 Å². The molecule has 1 amide bonds. The minimum atomic E-state index is -3.22. The van der Waals surface area contributed by atoms with Crippen LogP contribution < -0.4 is 15.7 Å². The number of amides is 1. The standard InChI is InChI=1S/C25H28BrNO4SSi/c1-17(22(28)27-23-21(24(29)31-4)20(26)16-32-23)15-25(2,3)33(30,18-11-7-5-8-12-18)19-13-9-6-10-14-19/h5-14,16-17,30H,15H2,1-4H3,(H,27,28)/t17-/m1/s1. The van der Waals surface area contributed by atoms with E-state index in [9.17, 15) is 14.4 Å². The van der Waals surface area contributed by atoms with Gasteiger partial charge in [-0.05, 0) is 37.8 Å². The highest BCUT2D eigenvalue weighted by molar-refractivity contribution is 9.10. The van der Waals surface area contributed by atoms with Crippen LogP contribution >= 0.6 is 27.3 Å². The SMILES string of the molecule is COC(=O)c1c(Br)csc1NC(=O)[C@H](C)CC(C)(C)[Si](O)(c1ccccc1)c1ccccc1. The minimum absolute atomic E-state index is 0.208. The molecule has 0 spiro atoms. The van der Waals surface area contributed by atoms with Crippen LogP contribution in [0.25, 0.3) is 0 Å². The molecule has 33 heavy (non-hydrogen) atoms. The first-order chi connectivity index (χ1) is 15.6. The monoisotopic (exact) mass is 545 g/mol. The lowest BCUT2D eigenvalue weighted by molar-refractivity contribution is -0.119. The van der Waals surface area contributed by atoms with E-state index in [2.05, 4.69) is 21.2 Å². The molecule has 1 heterocycles. The van der Waals surface area contributed by atoms with Crippen molar-refractivity contribution in [2.24, 2.45) is 5.92 Å². The number of ether oxygens (including phenoxy) is 1. The first-order valence-electron chi connectivity index (χ1n) is 10.6. The second-order valence-corrected chi connectivity index (χ2v) is 14.4. The highest BCUT2D eigenvalue weighted by atomic mass is 79.9. The molecule has 0 radical (unpaired) electrons. The number of carbonyl (C=O) groups excluding carboxylic acids is 2. The maximum absolute atomic E-state index is 13.1. The molecule has 0 saturated heterocycles. The van der Waals surface area contributed by atoms with E-state index < -0.39 is 25.2 Å². The predicted octanol–water partition coefficient (Wildman–Crippen LogP) is 4.79. The third-order valence-electron chi connectivity index (χ3n) is 6.00. The number of methoxy groups -OCH3 is 1. The van der Waals surface area contributed by atoms with Gasteiger partial charge in [0.15, 0.2) is 0 Å². The Hall–Kier alpha value is -2.26. The topological polar surface area (TPSA) is 75.6 Å². The third-order valence-corrected chi connectivity index (χ3v) is 12.3. The number of thiophene rings is 1. The Balaban J connectivity index is 1.89. The molecular formula is C25H28BrNO4SSi. The van der Waals surface area contributed by atoms with Crippen molar-refractivity contribution in [1.82, 2.24) is 0 Å². The summed E-state index contributed by atoms with van der Waals surface area (Å²) in [6, 6.07) is 19.5. The first kappa shape index (κ1) is 25.4. The highest BCUT2D eigenvalue weighted by Gasteiger charge is 2.50. The molecule has 8 heteroatoms. The normalized spacial score (nSPS) is 12.8. The van der Waals surface area contributed by atoms with Crippen LogP contribution in [0.3, 0.4) is 0 Å². The molecule has 5 nitrogen and oxygen atoms in total. The Kier molecular flexibility index (Phi) is 7.95. The lowest BCUT2D eigenvalue weighted by atomic mass is 9.97. The lowest BCUT2D eigenvalue weighted by Gasteiger charge is -2.42. The van der Waals surface area contributed by atoms with Crippen molar-refractivity contribution in [3.05, 3.63) is 76.1 Å². The summed E-state index contributed by atoms with van der Waals surface area (Å²) in [6.45, 7) is 5.91. The molecule has 3 rings (SSSR count). The zero-order valence-corrected chi connectivity index (χ0v) is 22.5. The van der Waals surface area contributed by atoms with E-state index in [-0.39, 0.29) is 5.91 Å². The zero-order valence-electron chi connectivity index (χ0n) is 19.1. The molecule has 0 bridgehead atoms. The van der Waals surface area contributed by atoms with Crippen molar-refractivity contribution in [1.29, 1.82) is 0 Å². The fourth-order valence-corrected chi connectivity index (χ4v) is 9.70. The van der Waals surface area contributed by atoms with Crippen molar-refractivity contribution in [3.63, 3.8) is 0 Å². The first-order valence-corrected chi connectivity index (χ1v) is 14.2. The van der Waals surface area contributed by atoms with E-state index in [1.54, 1.807) is 5.38 Å². The second-order valence-electron chi connectivity index (χ2n) is 8.70. The second kappa shape index (κ2) is 10.3. The number of hydrogen-bond acceptors (Lipinski definition) is 5. The van der Waals surface area contributed by atoms with Gasteiger partial charge in [-0.2, -0.15) is 0 Å². The van der Waals surface area contributed by atoms with Crippen LogP contribution in [0, 0.1) is 5.92 Å². The van der Waals surface area contributed by atoms with Gasteiger partial charge in [-0.15, -0.1) is 11.3 Å². The van der Waals surface area contributed by atoms with E-state index in [1.807, 2.05) is 81.4 Å². The average molecular weight is 547 g/mol. The number of anilines is 1. The van der Waals surface area contributed by atoms with Crippen molar-refractivity contribution < 1.29 is 19.1 Å². The Labute approximate surface area is 208 Å². The minimum Gasteiger partial charge on any atom is -0.465 e. The number of benzene rings is 2. The Morgan fingerprint density at radius 1 is 1.09 bits per heavy atom. The maximum Gasteiger partial charge on any atom is 0.342 e. The summed E-state index contributed by atoms with van der Waals surface area (Å²) < 4.78 is 5.42. The predicted molar refractivity (Wildman–Crippen MR) is 140 cm³/mol. The van der Waals surface area contributed by atoms with Gasteiger partial charge in [0.05, 0.1) is 7.11 Å². The summed E-state index contributed by atoms with van der Waals surface area (Å²) in [4.78, 5) is 37.5. The lowest BCUT2D eigenvalue weighted by Crippen LogP contribution is -2.65. The zero-order chi connectivity index (χ0) is 24.2. The third kappa shape index (κ3) is 5.14. The number of esters is 1. The van der Waals surface area contributed by atoms with Crippen molar-refractivity contribution in [2.75, 3.05) is 12.4 Å². The molecule has 0 aliphatic rings. The molecule has 0 aliphatic carbocycles. The number of halogens is 1. The fourth-order valence-electron chi connectivity index (χ4n) is 4.27. The van der Waals surface area contributed by atoms with Crippen molar-refractivity contribution in [3.8, 4) is 0 Å². The molecule has 2 aromatic carbocycles. The number of carbonyl (C=O) groups is 2. The number of hydrogen-bond donors (Lipinski definition) is 2. The van der Waals surface area contributed by atoms with Gasteiger partial charge in [-0.25, -0.2) is 4.79 Å². The van der Waals surface area contributed by atoms with Gasteiger partial charge in [-0.1, -0.05) is 81.4 Å². The highest BCUT2D eigenvalue weighted by Crippen LogP contribution is 2.42. The van der Waals surface area contributed by atoms with E-state index in [0.29, 0.717) is 21.5 Å². The van der Waals surface area contributed by atoms with Crippen LogP contribution in [0.2, 0.25) is 5.04 Å². The molecule has 0 aliphatic heterocycles. The number of nitrogens with one attached hydrogen (secondary N) is 1. The Bertz CT molecular complexity index is 1080. The van der Waals surface area contributed by atoms with Crippen LogP contribution in [0.5, 0.6) is 0 Å². The molecule has 0 saturated carbocycles. The molecule has 3 aromatic rings. The van der Waals surface area contributed by atoms with E-state index in [4.69, 9.17) is 4.74 Å². The summed E-state index contributed by atoms with van der Waals surface area (Å²) in [6.07, 6.45) is 0.464. The molecule has 174 valence electrons. The van der Waals surface area contributed by atoms with Crippen LogP contribution in [0.1, 0.15) is 37.6 Å². The molecule has 2 N–H and O–H groups in total. The van der Waals surface area contributed by atoms with Gasteiger partial charge >= 0.3 is 5.97 Å². The van der Waals surface area contributed by atoms with Gasteiger partial charge in [0.25, 0.3) is 8.32 Å². The van der Waals surface area contributed by atoms with Gasteiger partial charge in [0.1, 0.15) is 10.6 Å². The van der Waals surface area contributed by atoms with Gasteiger partial charge in [0, 0.05) is 15.8 Å². The Morgan fingerprint density at radius 2 is 1.61 bits per heavy atom. The fraction of sp³-hybridized carbons (Fsp3) is 0.280. The summed E-state index contributed by atoms with van der Waals surface area (Å²) in [5.41, 5.74) is 0.307. The van der Waals surface area contributed by atoms with E-state index in [0.717, 1.165) is 10.4 Å². The molecule has 1 atom stereocenters. The maximum atomic E-state index is 13.1. The number of rotatable bonds is 8. The van der Waals surface area contributed by atoms with Crippen molar-refractivity contribution >= 4 is 62.8 Å². The van der Waals surface area contributed by atoms with Gasteiger partial charge < -0.3 is 14.8 Å². The summed E-state index contributed by atoms with van der Waals surface area (Å²) in [5, 5.41) is 6.32. The summed E-state index contributed by atoms with van der Waals surface area (Å²) in [7, 11) is -1.91. The van der Waals surface area contributed by atoms with Crippen LogP contribution in [-0.2, 0) is 9.53 Å². The average Bonchev–Trinajstić information content (AvgIpc) is 3.18. The smallest absolute Gasteiger partial charge is 0.342 e. The molecular weight excluding hydrogens is 518 g/mol. The quantitative estimate of drug-likeness (QED) is 0.315. The Morgan fingerprint density at radius 3 is 2.09 bits per heavy atom. The summed E-state index contributed by atoms with van der Waals surface area (Å²) in [5.74, 6) is -1.13. The largest absolute Gasteiger partial charge is 0.465 e.